The number of likely N-dealkylation sites (N-methyl/N-ethyl adjacent to an activating group) is 1. The average molecular weight is 567 g/mol. The summed E-state index contributed by atoms with van der Waals surface area (Å²) in [6.07, 6.45) is 11.4. The van der Waals surface area contributed by atoms with Crippen molar-refractivity contribution in [2.75, 3.05) is 19.3 Å². The summed E-state index contributed by atoms with van der Waals surface area (Å²) in [5, 5.41) is 14.2. The summed E-state index contributed by atoms with van der Waals surface area (Å²) in [7, 11) is 2.16. The van der Waals surface area contributed by atoms with E-state index in [1.54, 1.807) is 6.20 Å². The lowest BCUT2D eigenvalue weighted by Crippen LogP contribution is -2.38. The fraction of sp³-hybridized carbons (Fsp3) is 0.613. The number of ether oxygens (including phenoxy) is 1. The molecule has 1 fully saturated rings. The number of nitrogens with zero attached hydrogens (tertiary/aromatic N) is 5. The molecule has 1 aliphatic carbocycles. The van der Waals surface area contributed by atoms with E-state index in [-0.39, 0.29) is 6.10 Å². The first-order chi connectivity index (χ1) is 19.5. The van der Waals surface area contributed by atoms with Gasteiger partial charge in [0.25, 0.3) is 0 Å². The van der Waals surface area contributed by atoms with Crippen LogP contribution >= 0.6 is 11.3 Å². The van der Waals surface area contributed by atoms with Crippen LogP contribution in [-0.2, 0) is 12.8 Å². The summed E-state index contributed by atoms with van der Waals surface area (Å²) in [5.74, 6) is 2.47. The number of nitriles is 1. The van der Waals surface area contributed by atoms with Crippen LogP contribution in [0.5, 0.6) is 5.88 Å². The second-order valence-electron chi connectivity index (χ2n) is 10.0. The van der Waals surface area contributed by atoms with E-state index in [1.165, 1.54) is 22.6 Å². The number of nitrogen functional groups attached to an aromatic ring is 1. The van der Waals surface area contributed by atoms with E-state index in [2.05, 4.69) is 35.1 Å². The van der Waals surface area contributed by atoms with Crippen LogP contribution in [-0.4, -0.2) is 45.8 Å². The molecule has 0 aromatic carbocycles. The van der Waals surface area contributed by atoms with Crippen molar-refractivity contribution in [2.24, 2.45) is 0 Å². The number of hydrogen-bond acceptors (Lipinski definition) is 9. The predicted molar refractivity (Wildman–Crippen MR) is 163 cm³/mol. The van der Waals surface area contributed by atoms with Crippen molar-refractivity contribution in [2.45, 2.75) is 110 Å². The Hall–Kier alpha value is -2.96. The molecule has 1 saturated heterocycles. The highest BCUT2D eigenvalue weighted by atomic mass is 32.1. The van der Waals surface area contributed by atoms with Crippen LogP contribution < -0.4 is 10.5 Å². The van der Waals surface area contributed by atoms with E-state index >= 15 is 0 Å². The zero-order valence-corrected chi connectivity index (χ0v) is 25.9. The second kappa shape index (κ2) is 15.7. The zero-order valence-electron chi connectivity index (χ0n) is 25.1. The third-order valence-electron chi connectivity index (χ3n) is 7.59. The van der Waals surface area contributed by atoms with Crippen LogP contribution in [0.4, 0.5) is 5.00 Å². The number of aromatic nitrogens is 3. The number of aryl methyl sites for hydroxylation is 1. The third kappa shape index (κ3) is 7.61. The van der Waals surface area contributed by atoms with E-state index in [1.807, 2.05) is 39.8 Å². The van der Waals surface area contributed by atoms with Gasteiger partial charge in [-0.1, -0.05) is 39.3 Å². The summed E-state index contributed by atoms with van der Waals surface area (Å²) in [6, 6.07) is 6.32. The fourth-order valence-electron chi connectivity index (χ4n) is 5.67. The number of hydrogen-bond donors (Lipinski definition) is 1. The number of likely N-dealkylation sites (tertiary alicyclic amines) is 1. The lowest BCUT2D eigenvalue weighted by Gasteiger charge is -2.26. The molecule has 8 nitrogen and oxygen atoms in total. The smallest absolute Gasteiger partial charge is 0.217 e. The number of anilines is 1. The van der Waals surface area contributed by atoms with Crippen LogP contribution in [0.3, 0.4) is 0 Å². The molecular formula is C31H46N6O2S. The summed E-state index contributed by atoms with van der Waals surface area (Å²) in [6.45, 7) is 11.2. The van der Waals surface area contributed by atoms with Crippen molar-refractivity contribution in [3.05, 3.63) is 40.1 Å². The van der Waals surface area contributed by atoms with Gasteiger partial charge in [-0.05, 0) is 77.9 Å². The molecule has 9 heteroatoms. The Morgan fingerprint density at radius 2 is 2.02 bits per heavy atom. The topological polar surface area (TPSA) is 114 Å². The molecule has 0 spiro atoms. The highest BCUT2D eigenvalue weighted by Gasteiger charge is 2.30. The molecule has 3 atom stereocenters. The van der Waals surface area contributed by atoms with Gasteiger partial charge in [-0.25, -0.2) is 4.98 Å². The van der Waals surface area contributed by atoms with Crippen LogP contribution in [0.1, 0.15) is 107 Å². The van der Waals surface area contributed by atoms with Gasteiger partial charge < -0.3 is 15.0 Å². The van der Waals surface area contributed by atoms with Gasteiger partial charge in [-0.2, -0.15) is 10.2 Å². The summed E-state index contributed by atoms with van der Waals surface area (Å²) in [5.41, 5.74) is 8.41. The first kappa shape index (κ1) is 31.6. The quantitative estimate of drug-likeness (QED) is 0.281. The lowest BCUT2D eigenvalue weighted by atomic mass is 9.93. The summed E-state index contributed by atoms with van der Waals surface area (Å²) < 4.78 is 12.2. The van der Waals surface area contributed by atoms with Gasteiger partial charge in [0.15, 0.2) is 11.5 Å². The van der Waals surface area contributed by atoms with Crippen molar-refractivity contribution in [3.63, 3.8) is 0 Å². The average Bonchev–Trinajstić information content (AvgIpc) is 3.67. The Morgan fingerprint density at radius 3 is 2.73 bits per heavy atom. The van der Waals surface area contributed by atoms with E-state index in [9.17, 15) is 0 Å². The SMILES string of the molecule is CC.CC.C[C@H](Oc1ccnc(-c2noc3c2CCCCC3CCCc2cc(C#N)c(N)s2)n1)C1CCCN1C. The van der Waals surface area contributed by atoms with E-state index < -0.39 is 0 Å². The van der Waals surface area contributed by atoms with Crippen molar-refractivity contribution in [3.8, 4) is 23.5 Å². The minimum Gasteiger partial charge on any atom is -0.473 e. The van der Waals surface area contributed by atoms with E-state index in [4.69, 9.17) is 25.2 Å². The maximum atomic E-state index is 9.16. The molecule has 0 saturated carbocycles. The molecule has 2 N–H and O–H groups in total. The molecule has 2 unspecified atom stereocenters. The predicted octanol–water partition coefficient (Wildman–Crippen LogP) is 7.39. The minimum atomic E-state index is 0.0574. The molecule has 3 aromatic heterocycles. The molecule has 40 heavy (non-hydrogen) atoms. The van der Waals surface area contributed by atoms with Crippen LogP contribution in [0, 0.1) is 11.3 Å². The van der Waals surface area contributed by atoms with Crippen molar-refractivity contribution >= 4 is 16.3 Å². The van der Waals surface area contributed by atoms with Crippen molar-refractivity contribution < 1.29 is 9.26 Å². The Bertz CT molecular complexity index is 1230. The van der Waals surface area contributed by atoms with E-state index in [0.29, 0.717) is 34.2 Å². The molecular weight excluding hydrogens is 520 g/mol. The number of fused-ring (bicyclic) bond motifs is 1. The van der Waals surface area contributed by atoms with Gasteiger partial charge in [0, 0.05) is 34.7 Å². The van der Waals surface area contributed by atoms with Gasteiger partial charge in [-0.15, -0.1) is 11.3 Å². The van der Waals surface area contributed by atoms with Crippen LogP contribution in [0.15, 0.2) is 22.9 Å². The van der Waals surface area contributed by atoms with Crippen LogP contribution in [0.2, 0.25) is 0 Å². The zero-order chi connectivity index (χ0) is 29.1. The lowest BCUT2D eigenvalue weighted by molar-refractivity contribution is 0.117. The molecule has 218 valence electrons. The fourth-order valence-corrected chi connectivity index (χ4v) is 6.59. The summed E-state index contributed by atoms with van der Waals surface area (Å²) >= 11 is 1.52. The van der Waals surface area contributed by atoms with Crippen molar-refractivity contribution in [1.29, 1.82) is 5.26 Å². The number of rotatable bonds is 8. The van der Waals surface area contributed by atoms with Gasteiger partial charge >= 0.3 is 0 Å². The molecule has 2 aliphatic rings. The number of nitrogens with two attached hydrogens (primary N) is 1. The molecule has 5 rings (SSSR count). The molecule has 0 amide bonds. The Balaban J connectivity index is 0.00000106. The van der Waals surface area contributed by atoms with Gasteiger partial charge in [0.1, 0.15) is 22.9 Å². The van der Waals surface area contributed by atoms with Gasteiger partial charge in [0.05, 0.1) is 5.56 Å². The molecule has 4 heterocycles. The maximum Gasteiger partial charge on any atom is 0.217 e. The first-order valence-corrected chi connectivity index (χ1v) is 15.8. The Kier molecular flexibility index (Phi) is 12.4. The Labute approximate surface area is 243 Å². The maximum absolute atomic E-state index is 9.16. The van der Waals surface area contributed by atoms with E-state index in [0.717, 1.165) is 74.9 Å². The molecule has 1 aliphatic heterocycles. The van der Waals surface area contributed by atoms with Crippen molar-refractivity contribution in [1.82, 2.24) is 20.0 Å². The van der Waals surface area contributed by atoms with Crippen LogP contribution in [0.25, 0.3) is 11.5 Å². The molecule has 0 bridgehead atoms. The van der Waals surface area contributed by atoms with Gasteiger partial charge in [0.2, 0.25) is 5.88 Å². The monoisotopic (exact) mass is 566 g/mol. The number of thiophene rings is 1. The second-order valence-corrected chi connectivity index (χ2v) is 11.2. The Morgan fingerprint density at radius 1 is 1.23 bits per heavy atom. The minimum absolute atomic E-state index is 0.0574. The molecule has 3 aromatic rings. The normalized spacial score (nSPS) is 19.2. The highest BCUT2D eigenvalue weighted by Crippen LogP contribution is 2.38. The molecule has 0 radical (unpaired) electrons. The third-order valence-corrected chi connectivity index (χ3v) is 8.62. The standard InChI is InChI=1S/C27H34N6O2S.2C2H6/c1-17(22-11-6-14-33(22)2)34-23-12-13-30-27(31-23)24-21-10-4-3-7-18(25(21)35-32-24)8-5-9-20-15-19(16-28)26(29)36-20;2*1-2/h12-13,15,17-18,22H,3-11,14,29H2,1-2H3;2*1-2H3/t17-,18?,22?;;/m0../s1. The summed E-state index contributed by atoms with van der Waals surface area (Å²) in [4.78, 5) is 12.8. The largest absolute Gasteiger partial charge is 0.473 e. The van der Waals surface area contributed by atoms with Gasteiger partial charge in [-0.3, -0.25) is 4.90 Å². The highest BCUT2D eigenvalue weighted by molar-refractivity contribution is 7.16. The first-order valence-electron chi connectivity index (χ1n) is 15.0.